The molecule has 0 spiro atoms. The van der Waals surface area contributed by atoms with Crippen molar-refractivity contribution < 1.29 is 9.59 Å². The number of thiophene rings is 1. The zero-order valence-electron chi connectivity index (χ0n) is 13.4. The first-order valence-electron chi connectivity index (χ1n) is 7.94. The first kappa shape index (κ1) is 17.2. The van der Waals surface area contributed by atoms with Gasteiger partial charge in [0.05, 0.1) is 17.5 Å². The minimum atomic E-state index is -0.0638. The average molecular weight is 407 g/mol. The zero-order valence-corrected chi connectivity index (χ0v) is 15.8. The molecule has 0 radical (unpaired) electrons. The van der Waals surface area contributed by atoms with Gasteiger partial charge >= 0.3 is 0 Å². The van der Waals surface area contributed by atoms with Crippen LogP contribution >= 0.6 is 27.3 Å². The molecule has 0 bridgehead atoms. The van der Waals surface area contributed by atoms with E-state index in [-0.39, 0.29) is 17.9 Å². The van der Waals surface area contributed by atoms with Crippen molar-refractivity contribution in [2.75, 3.05) is 6.54 Å². The summed E-state index contributed by atoms with van der Waals surface area (Å²) in [5.74, 6) is 0.0191. The number of amides is 2. The fourth-order valence-corrected chi connectivity index (χ4v) is 4.15. The highest BCUT2D eigenvalue weighted by Gasteiger charge is 2.31. The molecule has 6 heteroatoms. The van der Waals surface area contributed by atoms with Gasteiger partial charge in [-0.3, -0.25) is 9.59 Å². The molecule has 1 aromatic heterocycles. The third kappa shape index (κ3) is 3.87. The molecule has 1 saturated heterocycles. The second kappa shape index (κ2) is 7.49. The van der Waals surface area contributed by atoms with Gasteiger partial charge in [-0.15, -0.1) is 11.3 Å². The molecule has 1 unspecified atom stereocenters. The van der Waals surface area contributed by atoms with E-state index in [1.165, 1.54) is 23.8 Å². The molecule has 2 heterocycles. The Bertz CT molecular complexity index is 742. The molecule has 126 valence electrons. The van der Waals surface area contributed by atoms with Crippen molar-refractivity contribution >= 4 is 39.1 Å². The van der Waals surface area contributed by atoms with E-state index in [9.17, 15) is 9.59 Å². The summed E-state index contributed by atoms with van der Waals surface area (Å²) in [6.45, 7) is 2.76. The van der Waals surface area contributed by atoms with Crippen LogP contribution in [0.5, 0.6) is 0 Å². The first-order chi connectivity index (χ1) is 11.5. The van der Waals surface area contributed by atoms with Gasteiger partial charge in [-0.2, -0.15) is 0 Å². The highest BCUT2D eigenvalue weighted by Crippen LogP contribution is 2.34. The van der Waals surface area contributed by atoms with Crippen LogP contribution in [0.15, 0.2) is 40.9 Å². The monoisotopic (exact) mass is 406 g/mol. The van der Waals surface area contributed by atoms with Gasteiger partial charge in [-0.1, -0.05) is 28.1 Å². The number of likely N-dealkylation sites (tertiary alicyclic amines) is 1. The molecule has 1 atom stereocenters. The summed E-state index contributed by atoms with van der Waals surface area (Å²) in [5, 5.41) is 2.77. The maximum Gasteiger partial charge on any atom is 0.264 e. The van der Waals surface area contributed by atoms with Gasteiger partial charge in [0.1, 0.15) is 0 Å². The van der Waals surface area contributed by atoms with Crippen molar-refractivity contribution in [2.45, 2.75) is 32.4 Å². The predicted molar refractivity (Wildman–Crippen MR) is 99.0 cm³/mol. The van der Waals surface area contributed by atoms with Crippen molar-refractivity contribution in [1.82, 2.24) is 10.2 Å². The lowest BCUT2D eigenvalue weighted by Crippen LogP contribution is -2.29. The van der Waals surface area contributed by atoms with Crippen molar-refractivity contribution in [2.24, 2.45) is 0 Å². The number of nitrogens with zero attached hydrogens (tertiary/aromatic N) is 1. The van der Waals surface area contributed by atoms with Crippen LogP contribution in [-0.4, -0.2) is 23.3 Å². The van der Waals surface area contributed by atoms with Crippen LogP contribution in [-0.2, 0) is 11.3 Å². The van der Waals surface area contributed by atoms with E-state index in [1.54, 1.807) is 0 Å². The Morgan fingerprint density at radius 1 is 1.25 bits per heavy atom. The van der Waals surface area contributed by atoms with E-state index >= 15 is 0 Å². The molecule has 1 N–H and O–H groups in total. The van der Waals surface area contributed by atoms with Gasteiger partial charge in [-0.25, -0.2) is 0 Å². The van der Waals surface area contributed by atoms with Crippen LogP contribution in [0.1, 0.15) is 45.9 Å². The number of halogens is 1. The Balaban J connectivity index is 1.73. The molecule has 1 aromatic carbocycles. The van der Waals surface area contributed by atoms with Gasteiger partial charge < -0.3 is 10.2 Å². The van der Waals surface area contributed by atoms with Gasteiger partial charge in [-0.05, 0) is 42.7 Å². The molecule has 1 aliphatic heterocycles. The Kier molecular flexibility index (Phi) is 5.36. The second-order valence-electron chi connectivity index (χ2n) is 5.88. The number of nitrogens with one attached hydrogen (secondary N) is 1. The molecule has 1 fully saturated rings. The fourth-order valence-electron chi connectivity index (χ4n) is 2.98. The van der Waals surface area contributed by atoms with Gasteiger partial charge in [0.2, 0.25) is 5.91 Å². The smallest absolute Gasteiger partial charge is 0.264 e. The maximum absolute atomic E-state index is 12.9. The minimum absolute atomic E-state index is 0.0638. The van der Waals surface area contributed by atoms with Crippen LogP contribution in [0, 0.1) is 0 Å². The van der Waals surface area contributed by atoms with Crippen molar-refractivity contribution in [3.63, 3.8) is 0 Å². The molecule has 0 aliphatic carbocycles. The Labute approximate surface area is 154 Å². The number of hydrogen-bond donors (Lipinski definition) is 1. The largest absolute Gasteiger partial charge is 0.351 e. The van der Waals surface area contributed by atoms with Crippen LogP contribution in [0.2, 0.25) is 0 Å². The Hall–Kier alpha value is -1.66. The number of rotatable bonds is 4. The molecule has 1 aliphatic rings. The summed E-state index contributed by atoms with van der Waals surface area (Å²) in [4.78, 5) is 27.6. The summed E-state index contributed by atoms with van der Waals surface area (Å²) in [5.41, 5.74) is 1.18. The van der Waals surface area contributed by atoms with Crippen molar-refractivity contribution in [3.05, 3.63) is 56.2 Å². The normalized spacial score (nSPS) is 17.1. The summed E-state index contributed by atoms with van der Waals surface area (Å²) in [6.07, 6.45) is 2.02. The first-order valence-corrected chi connectivity index (χ1v) is 9.55. The highest BCUT2D eigenvalue weighted by atomic mass is 79.9. The van der Waals surface area contributed by atoms with Crippen LogP contribution < -0.4 is 5.32 Å². The van der Waals surface area contributed by atoms with E-state index in [0.717, 1.165) is 33.6 Å². The SMILES string of the molecule is CC(=O)NCc1ccc(C(=O)N2CCCC2c2ccc(Br)cc2)s1. The number of carbonyl (C=O) groups excluding carboxylic acids is 2. The van der Waals surface area contributed by atoms with E-state index in [1.807, 2.05) is 29.2 Å². The molecule has 24 heavy (non-hydrogen) atoms. The van der Waals surface area contributed by atoms with E-state index in [2.05, 4.69) is 33.4 Å². The summed E-state index contributed by atoms with van der Waals surface area (Å²) in [6, 6.07) is 12.1. The van der Waals surface area contributed by atoms with E-state index < -0.39 is 0 Å². The molecule has 2 amide bonds. The van der Waals surface area contributed by atoms with Gasteiger partial charge in [0.15, 0.2) is 0 Å². The molecule has 4 nitrogen and oxygen atoms in total. The van der Waals surface area contributed by atoms with E-state index in [0.29, 0.717) is 6.54 Å². The van der Waals surface area contributed by atoms with Crippen LogP contribution in [0.3, 0.4) is 0 Å². The second-order valence-corrected chi connectivity index (χ2v) is 7.97. The quantitative estimate of drug-likeness (QED) is 0.829. The minimum Gasteiger partial charge on any atom is -0.351 e. The topological polar surface area (TPSA) is 49.4 Å². The number of carbonyl (C=O) groups is 2. The maximum atomic E-state index is 12.9. The molecule has 0 saturated carbocycles. The van der Waals surface area contributed by atoms with Crippen LogP contribution in [0.25, 0.3) is 0 Å². The number of benzene rings is 1. The predicted octanol–water partition coefficient (Wildman–Crippen LogP) is 4.12. The molecule has 2 aromatic rings. The summed E-state index contributed by atoms with van der Waals surface area (Å²) in [7, 11) is 0. The lowest BCUT2D eigenvalue weighted by Gasteiger charge is -2.24. The van der Waals surface area contributed by atoms with Crippen LogP contribution in [0.4, 0.5) is 0 Å². The Morgan fingerprint density at radius 3 is 2.71 bits per heavy atom. The lowest BCUT2D eigenvalue weighted by molar-refractivity contribution is -0.119. The lowest BCUT2D eigenvalue weighted by atomic mass is 10.0. The van der Waals surface area contributed by atoms with Crippen molar-refractivity contribution in [1.29, 1.82) is 0 Å². The number of hydrogen-bond acceptors (Lipinski definition) is 3. The zero-order chi connectivity index (χ0) is 17.1. The highest BCUT2D eigenvalue weighted by molar-refractivity contribution is 9.10. The molecular formula is C18H19BrN2O2S. The fraction of sp³-hybridized carbons (Fsp3) is 0.333. The third-order valence-corrected chi connectivity index (χ3v) is 5.75. The van der Waals surface area contributed by atoms with E-state index in [4.69, 9.17) is 0 Å². The molecule has 3 rings (SSSR count). The van der Waals surface area contributed by atoms with Crippen molar-refractivity contribution in [3.8, 4) is 0 Å². The summed E-state index contributed by atoms with van der Waals surface area (Å²) < 4.78 is 1.04. The summed E-state index contributed by atoms with van der Waals surface area (Å²) >= 11 is 4.91. The standard InChI is InChI=1S/C18H19BrN2O2S/c1-12(22)20-11-15-8-9-17(24-15)18(23)21-10-2-3-16(21)13-4-6-14(19)7-5-13/h4-9,16H,2-3,10-11H2,1H3,(H,20,22). The van der Waals surface area contributed by atoms with Gasteiger partial charge in [0.25, 0.3) is 5.91 Å². The third-order valence-electron chi connectivity index (χ3n) is 4.15. The Morgan fingerprint density at radius 2 is 2.00 bits per heavy atom. The average Bonchev–Trinajstić information content (AvgIpc) is 3.22. The van der Waals surface area contributed by atoms with Gasteiger partial charge in [0, 0.05) is 22.8 Å². The molecular weight excluding hydrogens is 388 g/mol.